The molecule has 5 heteroatoms. The van der Waals surface area contributed by atoms with Crippen molar-refractivity contribution in [1.29, 1.82) is 0 Å². The Bertz CT molecular complexity index is 342. The molecule has 0 radical (unpaired) electrons. The summed E-state index contributed by atoms with van der Waals surface area (Å²) in [6.07, 6.45) is 2.16. The van der Waals surface area contributed by atoms with Crippen LogP contribution in [0.15, 0.2) is 12.2 Å². The Morgan fingerprint density at radius 2 is 1.95 bits per heavy atom. The SMILES string of the molecule is C=C(C)C(=O)OCCCC(=O)OC1(C)CCOCC1. The molecule has 108 valence electrons. The summed E-state index contributed by atoms with van der Waals surface area (Å²) in [6.45, 7) is 8.45. The lowest BCUT2D eigenvalue weighted by molar-refractivity contribution is -0.167. The minimum absolute atomic E-state index is 0.209. The van der Waals surface area contributed by atoms with Crippen molar-refractivity contribution in [2.24, 2.45) is 0 Å². The number of hydrogen-bond donors (Lipinski definition) is 0. The highest BCUT2D eigenvalue weighted by molar-refractivity contribution is 5.86. The second-order valence-electron chi connectivity index (χ2n) is 5.06. The molecule has 1 rings (SSSR count). The van der Waals surface area contributed by atoms with Gasteiger partial charge in [0.2, 0.25) is 0 Å². The smallest absolute Gasteiger partial charge is 0.333 e. The molecule has 0 aliphatic carbocycles. The fraction of sp³-hybridized carbons (Fsp3) is 0.714. The molecule has 0 aromatic rings. The zero-order valence-corrected chi connectivity index (χ0v) is 11.7. The van der Waals surface area contributed by atoms with Crippen LogP contribution in [0.1, 0.15) is 39.5 Å². The summed E-state index contributed by atoms with van der Waals surface area (Å²) in [7, 11) is 0. The van der Waals surface area contributed by atoms with Crippen molar-refractivity contribution in [1.82, 2.24) is 0 Å². The van der Waals surface area contributed by atoms with Gasteiger partial charge in [0.05, 0.1) is 19.8 Å². The molecule has 1 heterocycles. The molecule has 0 amide bonds. The Morgan fingerprint density at radius 3 is 2.53 bits per heavy atom. The van der Waals surface area contributed by atoms with Gasteiger partial charge in [-0.05, 0) is 20.3 Å². The third kappa shape index (κ3) is 5.87. The van der Waals surface area contributed by atoms with Gasteiger partial charge >= 0.3 is 11.9 Å². The largest absolute Gasteiger partial charge is 0.462 e. The standard InChI is InChI=1S/C14H22O5/c1-11(2)13(16)18-8-4-5-12(15)19-14(3)6-9-17-10-7-14/h1,4-10H2,2-3H3. The highest BCUT2D eigenvalue weighted by atomic mass is 16.6. The number of carbonyl (C=O) groups excluding carboxylic acids is 2. The fourth-order valence-electron chi connectivity index (χ4n) is 1.74. The molecule has 1 saturated heterocycles. The summed E-state index contributed by atoms with van der Waals surface area (Å²) in [5.74, 6) is -0.680. The fourth-order valence-corrected chi connectivity index (χ4v) is 1.74. The van der Waals surface area contributed by atoms with E-state index in [1.54, 1.807) is 6.92 Å². The molecule has 0 aromatic heterocycles. The summed E-state index contributed by atoms with van der Waals surface area (Å²) in [5.41, 5.74) is -0.0544. The Labute approximate surface area is 113 Å². The molecule has 1 aliphatic heterocycles. The van der Waals surface area contributed by atoms with E-state index in [0.29, 0.717) is 25.2 Å². The van der Waals surface area contributed by atoms with Gasteiger partial charge in [0, 0.05) is 24.8 Å². The minimum Gasteiger partial charge on any atom is -0.462 e. The van der Waals surface area contributed by atoms with Gasteiger partial charge in [-0.1, -0.05) is 6.58 Å². The van der Waals surface area contributed by atoms with Crippen LogP contribution < -0.4 is 0 Å². The molecule has 1 fully saturated rings. The van der Waals surface area contributed by atoms with E-state index in [2.05, 4.69) is 6.58 Å². The van der Waals surface area contributed by atoms with E-state index in [-0.39, 0.29) is 19.0 Å². The van der Waals surface area contributed by atoms with Crippen LogP contribution >= 0.6 is 0 Å². The van der Waals surface area contributed by atoms with E-state index < -0.39 is 11.6 Å². The third-order valence-electron chi connectivity index (χ3n) is 3.02. The van der Waals surface area contributed by atoms with Crippen LogP contribution in [-0.4, -0.2) is 37.4 Å². The first-order valence-corrected chi connectivity index (χ1v) is 6.55. The van der Waals surface area contributed by atoms with Gasteiger partial charge < -0.3 is 14.2 Å². The van der Waals surface area contributed by atoms with E-state index in [0.717, 1.165) is 12.8 Å². The second kappa shape index (κ2) is 7.28. The lowest BCUT2D eigenvalue weighted by atomic mass is 9.97. The molecule has 0 aromatic carbocycles. The van der Waals surface area contributed by atoms with Gasteiger partial charge in [0.1, 0.15) is 5.60 Å². The summed E-state index contributed by atoms with van der Waals surface area (Å²) >= 11 is 0. The number of hydrogen-bond acceptors (Lipinski definition) is 5. The summed E-state index contributed by atoms with van der Waals surface area (Å²) in [4.78, 5) is 22.8. The summed E-state index contributed by atoms with van der Waals surface area (Å²) < 4.78 is 15.6. The summed E-state index contributed by atoms with van der Waals surface area (Å²) in [6, 6.07) is 0. The van der Waals surface area contributed by atoms with Crippen molar-refractivity contribution in [3.05, 3.63) is 12.2 Å². The van der Waals surface area contributed by atoms with Crippen LogP contribution in [0.2, 0.25) is 0 Å². The van der Waals surface area contributed by atoms with E-state index in [1.807, 2.05) is 6.92 Å². The maximum Gasteiger partial charge on any atom is 0.333 e. The molecule has 19 heavy (non-hydrogen) atoms. The molecule has 0 bridgehead atoms. The molecule has 0 N–H and O–H groups in total. The van der Waals surface area contributed by atoms with Crippen LogP contribution in [0.3, 0.4) is 0 Å². The first-order chi connectivity index (χ1) is 8.93. The van der Waals surface area contributed by atoms with E-state index >= 15 is 0 Å². The van der Waals surface area contributed by atoms with Gasteiger partial charge in [0.25, 0.3) is 0 Å². The maximum atomic E-state index is 11.7. The first-order valence-electron chi connectivity index (χ1n) is 6.55. The second-order valence-corrected chi connectivity index (χ2v) is 5.06. The normalized spacial score (nSPS) is 17.6. The number of esters is 2. The monoisotopic (exact) mass is 270 g/mol. The molecule has 0 spiro atoms. The lowest BCUT2D eigenvalue weighted by Gasteiger charge is -2.33. The molecule has 1 aliphatic rings. The molecule has 0 atom stereocenters. The maximum absolute atomic E-state index is 11.7. The number of rotatable bonds is 6. The van der Waals surface area contributed by atoms with Gasteiger partial charge in [-0.25, -0.2) is 4.79 Å². The number of ether oxygens (including phenoxy) is 3. The van der Waals surface area contributed by atoms with Crippen LogP contribution in [0.25, 0.3) is 0 Å². The predicted molar refractivity (Wildman–Crippen MR) is 69.6 cm³/mol. The highest BCUT2D eigenvalue weighted by Crippen LogP contribution is 2.24. The zero-order valence-electron chi connectivity index (χ0n) is 11.7. The predicted octanol–water partition coefficient (Wildman–Crippen LogP) is 2.00. The Morgan fingerprint density at radius 1 is 1.32 bits per heavy atom. The van der Waals surface area contributed by atoms with Crippen LogP contribution in [0.5, 0.6) is 0 Å². The van der Waals surface area contributed by atoms with Crippen molar-refractivity contribution in [2.75, 3.05) is 19.8 Å². The van der Waals surface area contributed by atoms with Gasteiger partial charge in [-0.3, -0.25) is 4.79 Å². The molecule has 5 nitrogen and oxygen atoms in total. The minimum atomic E-state index is -0.426. The van der Waals surface area contributed by atoms with E-state index in [4.69, 9.17) is 14.2 Å². The molecular weight excluding hydrogens is 248 g/mol. The van der Waals surface area contributed by atoms with Crippen molar-refractivity contribution in [3.63, 3.8) is 0 Å². The molecule has 0 unspecified atom stereocenters. The van der Waals surface area contributed by atoms with Crippen molar-refractivity contribution in [3.8, 4) is 0 Å². The zero-order chi connectivity index (χ0) is 14.3. The van der Waals surface area contributed by atoms with E-state index in [1.165, 1.54) is 0 Å². The Kier molecular flexibility index (Phi) is 6.02. The average Bonchev–Trinajstić information content (AvgIpc) is 2.34. The summed E-state index contributed by atoms with van der Waals surface area (Å²) in [5, 5.41) is 0. The van der Waals surface area contributed by atoms with Crippen molar-refractivity contribution in [2.45, 2.75) is 45.1 Å². The van der Waals surface area contributed by atoms with Gasteiger partial charge in [-0.15, -0.1) is 0 Å². The number of carbonyl (C=O) groups is 2. The molecular formula is C14H22O5. The Hall–Kier alpha value is -1.36. The average molecular weight is 270 g/mol. The third-order valence-corrected chi connectivity index (χ3v) is 3.02. The topological polar surface area (TPSA) is 61.8 Å². The Balaban J connectivity index is 2.17. The van der Waals surface area contributed by atoms with Crippen molar-refractivity contribution < 1.29 is 23.8 Å². The van der Waals surface area contributed by atoms with E-state index in [9.17, 15) is 9.59 Å². The van der Waals surface area contributed by atoms with Gasteiger partial charge in [-0.2, -0.15) is 0 Å². The lowest BCUT2D eigenvalue weighted by Crippen LogP contribution is -2.37. The van der Waals surface area contributed by atoms with Crippen LogP contribution in [0.4, 0.5) is 0 Å². The molecule has 0 saturated carbocycles. The van der Waals surface area contributed by atoms with Gasteiger partial charge in [0.15, 0.2) is 0 Å². The quantitative estimate of drug-likeness (QED) is 0.419. The first kappa shape index (κ1) is 15.7. The van der Waals surface area contributed by atoms with Crippen molar-refractivity contribution >= 4 is 11.9 Å². The highest BCUT2D eigenvalue weighted by Gasteiger charge is 2.31. The van der Waals surface area contributed by atoms with Crippen LogP contribution in [0, 0.1) is 0 Å². The van der Waals surface area contributed by atoms with Crippen LogP contribution in [-0.2, 0) is 23.8 Å².